The molecule has 2 atom stereocenters. The minimum Gasteiger partial charge on any atom is -0.342 e. The number of aromatic nitrogens is 2. The molecule has 1 saturated heterocycles. The first-order valence-electron chi connectivity index (χ1n) is 9.77. The number of piperidine rings is 1. The van der Waals surface area contributed by atoms with Gasteiger partial charge in [-0.1, -0.05) is 36.2 Å². The maximum atomic E-state index is 12.9. The Hall–Kier alpha value is -2.58. The number of anilines is 3. The Balaban J connectivity index is 1.66. The summed E-state index contributed by atoms with van der Waals surface area (Å²) < 4.78 is 0. The highest BCUT2D eigenvalue weighted by atomic mass is 35.5. The van der Waals surface area contributed by atoms with Crippen molar-refractivity contribution >= 4 is 52.5 Å². The fraction of sp³-hybridized carbons (Fsp3) is 0.400. The lowest BCUT2D eigenvalue weighted by molar-refractivity contribution is -0.123. The van der Waals surface area contributed by atoms with E-state index in [1.165, 1.54) is 0 Å². The number of nitrogens with zero attached hydrogens (tertiary/aromatic N) is 2. The van der Waals surface area contributed by atoms with Gasteiger partial charge in [0.05, 0.1) is 27.2 Å². The fourth-order valence-corrected chi connectivity index (χ4v) is 4.28. The molecule has 0 bridgehead atoms. The summed E-state index contributed by atoms with van der Waals surface area (Å²) in [5.74, 6) is -0.882. The molecule has 0 spiro atoms. The number of hydrogen-bond acceptors (Lipinski definition) is 5. The minimum absolute atomic E-state index is 0.126. The zero-order chi connectivity index (χ0) is 21.4. The van der Waals surface area contributed by atoms with E-state index in [4.69, 9.17) is 23.2 Å². The summed E-state index contributed by atoms with van der Waals surface area (Å²) in [6, 6.07) is 4.84. The van der Waals surface area contributed by atoms with Crippen LogP contribution in [0.1, 0.15) is 37.7 Å². The molecule has 1 aromatic heterocycles. The number of carbonyl (C=O) groups excluding carboxylic acids is 2. The molecule has 2 aliphatic rings. The Bertz CT molecular complexity index is 1070. The van der Waals surface area contributed by atoms with Crippen LogP contribution in [-0.2, 0) is 9.59 Å². The SMILES string of the molecule is C[C@H]1CCCN(c2nc3c(c(=O)[nH]2)[C@@H](C(=O)Nc2cccc(Cl)c2Cl)CC(=O)N3)C1. The normalized spacial score (nSPS) is 21.0. The lowest BCUT2D eigenvalue weighted by Crippen LogP contribution is -2.40. The number of rotatable bonds is 3. The molecule has 1 aromatic carbocycles. The summed E-state index contributed by atoms with van der Waals surface area (Å²) in [5, 5.41) is 5.78. The molecule has 1 fully saturated rings. The van der Waals surface area contributed by atoms with Crippen molar-refractivity contribution in [2.45, 2.75) is 32.1 Å². The molecule has 10 heteroatoms. The third kappa shape index (κ3) is 4.02. The molecule has 3 heterocycles. The van der Waals surface area contributed by atoms with E-state index in [9.17, 15) is 14.4 Å². The van der Waals surface area contributed by atoms with E-state index in [2.05, 4.69) is 27.5 Å². The molecule has 158 valence electrons. The number of hydrogen-bond donors (Lipinski definition) is 3. The van der Waals surface area contributed by atoms with Gasteiger partial charge in [0, 0.05) is 19.5 Å². The van der Waals surface area contributed by atoms with Gasteiger partial charge in [-0.05, 0) is 30.9 Å². The predicted molar refractivity (Wildman–Crippen MR) is 117 cm³/mol. The van der Waals surface area contributed by atoms with Crippen LogP contribution in [0.25, 0.3) is 0 Å². The standard InChI is InChI=1S/C20H21Cl2N5O3/c1-10-4-3-7-27(9-10)20-25-17-15(19(30)26-20)11(8-14(28)24-17)18(29)23-13-6-2-5-12(21)16(13)22/h2,5-6,10-11H,3-4,7-9H2,1H3,(H,23,29)(H2,24,25,26,28,30)/t10-,11-/m0/s1. The molecule has 0 unspecified atom stereocenters. The molecule has 3 N–H and O–H groups in total. The van der Waals surface area contributed by atoms with E-state index in [0.717, 1.165) is 25.9 Å². The monoisotopic (exact) mass is 449 g/mol. The van der Waals surface area contributed by atoms with Crippen LogP contribution >= 0.6 is 23.2 Å². The van der Waals surface area contributed by atoms with Crippen molar-refractivity contribution < 1.29 is 9.59 Å². The van der Waals surface area contributed by atoms with Crippen molar-refractivity contribution in [3.8, 4) is 0 Å². The van der Waals surface area contributed by atoms with E-state index in [1.54, 1.807) is 18.2 Å². The third-order valence-electron chi connectivity index (χ3n) is 5.42. The number of aromatic amines is 1. The van der Waals surface area contributed by atoms with Crippen LogP contribution in [0, 0.1) is 5.92 Å². The van der Waals surface area contributed by atoms with E-state index >= 15 is 0 Å². The highest BCUT2D eigenvalue weighted by molar-refractivity contribution is 6.44. The second-order valence-corrected chi connectivity index (χ2v) is 8.53. The van der Waals surface area contributed by atoms with Gasteiger partial charge in [-0.15, -0.1) is 0 Å². The van der Waals surface area contributed by atoms with Gasteiger partial charge in [-0.3, -0.25) is 19.4 Å². The number of H-pyrrole nitrogens is 1. The molecule has 2 amide bonds. The van der Waals surface area contributed by atoms with Crippen LogP contribution in [0.15, 0.2) is 23.0 Å². The Morgan fingerprint density at radius 1 is 1.30 bits per heavy atom. The summed E-state index contributed by atoms with van der Waals surface area (Å²) in [7, 11) is 0. The zero-order valence-corrected chi connectivity index (χ0v) is 17.8. The van der Waals surface area contributed by atoms with Gasteiger partial charge in [0.1, 0.15) is 5.82 Å². The summed E-state index contributed by atoms with van der Waals surface area (Å²) >= 11 is 12.1. The van der Waals surface area contributed by atoms with E-state index in [1.807, 2.05) is 4.90 Å². The predicted octanol–water partition coefficient (Wildman–Crippen LogP) is 3.38. The summed E-state index contributed by atoms with van der Waals surface area (Å²) in [5.41, 5.74) is 0.00892. The van der Waals surface area contributed by atoms with E-state index in [0.29, 0.717) is 17.6 Å². The summed E-state index contributed by atoms with van der Waals surface area (Å²) in [6.45, 7) is 3.69. The number of carbonyl (C=O) groups is 2. The van der Waals surface area contributed by atoms with Crippen LogP contribution in [-0.4, -0.2) is 34.9 Å². The summed E-state index contributed by atoms with van der Waals surface area (Å²) in [6.07, 6.45) is 1.96. The second kappa shape index (κ2) is 8.28. The minimum atomic E-state index is -0.991. The van der Waals surface area contributed by atoms with E-state index in [-0.39, 0.29) is 33.8 Å². The summed E-state index contributed by atoms with van der Waals surface area (Å²) in [4.78, 5) is 47.4. The smallest absolute Gasteiger partial charge is 0.258 e. The molecule has 0 radical (unpaired) electrons. The van der Waals surface area contributed by atoms with Gasteiger partial charge in [-0.25, -0.2) is 0 Å². The van der Waals surface area contributed by atoms with Crippen LogP contribution in [0.2, 0.25) is 10.0 Å². The van der Waals surface area contributed by atoms with Gasteiger partial charge in [0.2, 0.25) is 17.8 Å². The average Bonchev–Trinajstić information content (AvgIpc) is 2.70. The molecular weight excluding hydrogens is 429 g/mol. The number of fused-ring (bicyclic) bond motifs is 1. The highest BCUT2D eigenvalue weighted by Crippen LogP contribution is 2.33. The van der Waals surface area contributed by atoms with Crippen LogP contribution < -0.4 is 21.1 Å². The quantitative estimate of drug-likeness (QED) is 0.665. The van der Waals surface area contributed by atoms with Gasteiger partial charge in [-0.2, -0.15) is 4.98 Å². The van der Waals surface area contributed by atoms with Crippen molar-refractivity contribution in [1.29, 1.82) is 0 Å². The number of benzene rings is 1. The Kier molecular flexibility index (Phi) is 5.71. The van der Waals surface area contributed by atoms with Gasteiger partial charge in [0.15, 0.2) is 0 Å². The Morgan fingerprint density at radius 2 is 2.10 bits per heavy atom. The second-order valence-electron chi connectivity index (χ2n) is 7.74. The fourth-order valence-electron chi connectivity index (χ4n) is 3.94. The maximum absolute atomic E-state index is 12.9. The van der Waals surface area contributed by atoms with Crippen LogP contribution in [0.5, 0.6) is 0 Å². The largest absolute Gasteiger partial charge is 0.342 e. The molecular formula is C20H21Cl2N5O3. The van der Waals surface area contributed by atoms with Gasteiger partial charge >= 0.3 is 0 Å². The van der Waals surface area contributed by atoms with Crippen LogP contribution in [0.3, 0.4) is 0 Å². The number of nitrogens with one attached hydrogen (secondary N) is 3. The molecule has 0 aliphatic carbocycles. The molecule has 4 rings (SSSR count). The number of halogens is 2. The topological polar surface area (TPSA) is 107 Å². The van der Waals surface area contributed by atoms with Crippen molar-refractivity contribution in [3.05, 3.63) is 44.2 Å². The van der Waals surface area contributed by atoms with Gasteiger partial charge < -0.3 is 15.5 Å². The molecule has 30 heavy (non-hydrogen) atoms. The molecule has 0 saturated carbocycles. The molecule has 2 aliphatic heterocycles. The van der Waals surface area contributed by atoms with E-state index < -0.39 is 17.4 Å². The first-order valence-corrected chi connectivity index (χ1v) is 10.5. The van der Waals surface area contributed by atoms with Crippen molar-refractivity contribution in [1.82, 2.24) is 9.97 Å². The zero-order valence-electron chi connectivity index (χ0n) is 16.3. The lowest BCUT2D eigenvalue weighted by atomic mass is 9.92. The molecule has 2 aromatic rings. The lowest BCUT2D eigenvalue weighted by Gasteiger charge is -2.32. The molecule has 8 nitrogen and oxygen atoms in total. The average molecular weight is 450 g/mol. The third-order valence-corrected chi connectivity index (χ3v) is 6.24. The van der Waals surface area contributed by atoms with Crippen molar-refractivity contribution in [2.75, 3.05) is 28.6 Å². The van der Waals surface area contributed by atoms with Crippen molar-refractivity contribution in [3.63, 3.8) is 0 Å². The Labute approximate surface area is 183 Å². The van der Waals surface area contributed by atoms with Crippen LogP contribution in [0.4, 0.5) is 17.5 Å². The number of amides is 2. The maximum Gasteiger partial charge on any atom is 0.258 e. The van der Waals surface area contributed by atoms with Crippen molar-refractivity contribution in [2.24, 2.45) is 5.92 Å². The first kappa shape index (κ1) is 20.7. The Morgan fingerprint density at radius 3 is 2.87 bits per heavy atom. The van der Waals surface area contributed by atoms with Gasteiger partial charge in [0.25, 0.3) is 5.56 Å². The highest BCUT2D eigenvalue weighted by Gasteiger charge is 2.35. The first-order chi connectivity index (χ1) is 14.3.